The lowest BCUT2D eigenvalue weighted by atomic mass is 10.2. The molecule has 0 saturated carbocycles. The molecule has 0 N–H and O–H groups in total. The van der Waals surface area contributed by atoms with E-state index in [1.807, 2.05) is 6.08 Å². The monoisotopic (exact) mass is 572 g/mol. The smallest absolute Gasteiger partial charge is 0.193 e. The van der Waals surface area contributed by atoms with Gasteiger partial charge in [0, 0.05) is 0 Å². The third-order valence-corrected chi connectivity index (χ3v) is 16.0. The molecule has 2 nitrogen and oxygen atoms in total. The summed E-state index contributed by atoms with van der Waals surface area (Å²) in [5.74, 6) is 3.48. The summed E-state index contributed by atoms with van der Waals surface area (Å²) in [5.41, 5.74) is 3.52. The van der Waals surface area contributed by atoms with Gasteiger partial charge in [-0.15, -0.1) is 5.54 Å². The van der Waals surface area contributed by atoms with Crippen molar-refractivity contribution < 1.29 is 8.85 Å². The second-order valence-electron chi connectivity index (χ2n) is 11.6. The van der Waals surface area contributed by atoms with Gasteiger partial charge >= 0.3 is 0 Å². The standard InChI is InChI=1S/C21H42ClIO2Si3/c1-20(2,3)27(10,11)24-17(14-15-26(7,8)9)18(16-19(22)23)25-28(12,13)21(4,5)6/h16-18H,1-13H3/b19-16-/t17-,18-/m1/s1. The molecule has 0 rings (SSSR count). The summed E-state index contributed by atoms with van der Waals surface area (Å²) in [6.07, 6.45) is 1.42. The van der Waals surface area contributed by atoms with Gasteiger partial charge in [0.1, 0.15) is 20.3 Å². The second kappa shape index (κ2) is 10.0. The average Bonchev–Trinajstić information content (AvgIpc) is 2.38. The lowest BCUT2D eigenvalue weighted by Crippen LogP contribution is -2.51. The quantitative estimate of drug-likeness (QED) is 0.182. The van der Waals surface area contributed by atoms with Crippen molar-refractivity contribution in [1.82, 2.24) is 0 Å². The Morgan fingerprint density at radius 2 is 1.25 bits per heavy atom. The van der Waals surface area contributed by atoms with Crippen LogP contribution in [-0.2, 0) is 8.85 Å². The summed E-state index contributed by atoms with van der Waals surface area (Å²) < 4.78 is 14.3. The van der Waals surface area contributed by atoms with Crippen LogP contribution in [0.3, 0.4) is 0 Å². The van der Waals surface area contributed by atoms with Crippen molar-refractivity contribution in [3.63, 3.8) is 0 Å². The van der Waals surface area contributed by atoms with Gasteiger partial charge in [0.25, 0.3) is 0 Å². The van der Waals surface area contributed by atoms with Crippen LogP contribution in [0.15, 0.2) is 9.12 Å². The van der Waals surface area contributed by atoms with Gasteiger partial charge in [-0.05, 0) is 64.9 Å². The Labute approximate surface area is 197 Å². The molecule has 0 aliphatic rings. The number of rotatable bonds is 6. The zero-order valence-corrected chi connectivity index (χ0v) is 26.2. The average molecular weight is 573 g/mol. The van der Waals surface area contributed by atoms with E-state index in [4.69, 9.17) is 20.5 Å². The van der Waals surface area contributed by atoms with E-state index >= 15 is 0 Å². The molecular formula is C21H42ClIO2Si3. The Hall–Kier alpha value is 0.891. The maximum atomic E-state index is 6.80. The third-order valence-electron chi connectivity index (χ3n) is 5.64. The highest BCUT2D eigenvalue weighted by molar-refractivity contribution is 14.1. The van der Waals surface area contributed by atoms with Crippen molar-refractivity contribution in [2.45, 2.75) is 110 Å². The fraction of sp³-hybridized carbons (Fsp3) is 0.810. The first-order valence-corrected chi connectivity index (χ1v) is 20.8. The van der Waals surface area contributed by atoms with Crippen LogP contribution in [0.25, 0.3) is 0 Å². The number of hydrogen-bond acceptors (Lipinski definition) is 2. The van der Waals surface area contributed by atoms with Gasteiger partial charge in [0.05, 0.1) is 3.04 Å². The lowest BCUT2D eigenvalue weighted by molar-refractivity contribution is 0.0998. The molecule has 0 aliphatic carbocycles. The van der Waals surface area contributed by atoms with Crippen LogP contribution < -0.4 is 0 Å². The largest absolute Gasteiger partial charge is 0.407 e. The molecule has 0 radical (unpaired) electrons. The van der Waals surface area contributed by atoms with E-state index in [0.29, 0.717) is 3.04 Å². The summed E-state index contributed by atoms with van der Waals surface area (Å²) in [5, 5.41) is 0.204. The maximum absolute atomic E-state index is 6.80. The Morgan fingerprint density at radius 1 is 0.857 bits per heavy atom. The second-order valence-corrected chi connectivity index (χ2v) is 28.1. The van der Waals surface area contributed by atoms with E-state index < -0.39 is 24.7 Å². The summed E-state index contributed by atoms with van der Waals surface area (Å²) in [6.45, 7) is 29.4. The molecule has 0 saturated heterocycles. The van der Waals surface area contributed by atoms with Crippen LogP contribution in [-0.4, -0.2) is 36.9 Å². The minimum absolute atomic E-state index is 0.102. The van der Waals surface area contributed by atoms with Crippen LogP contribution >= 0.6 is 34.2 Å². The first kappa shape index (κ1) is 28.9. The zero-order valence-electron chi connectivity index (χ0n) is 20.3. The molecule has 0 heterocycles. The molecule has 0 unspecified atom stereocenters. The Balaban J connectivity index is 6.25. The Kier molecular flexibility index (Phi) is 10.3. The topological polar surface area (TPSA) is 18.5 Å². The van der Waals surface area contributed by atoms with Crippen molar-refractivity contribution in [2.75, 3.05) is 0 Å². The minimum atomic E-state index is -2.03. The molecule has 2 atom stereocenters. The van der Waals surface area contributed by atoms with Crippen LogP contribution in [0.5, 0.6) is 0 Å². The number of hydrogen-bond donors (Lipinski definition) is 0. The van der Waals surface area contributed by atoms with Gasteiger partial charge in [-0.1, -0.05) is 78.7 Å². The predicted molar refractivity (Wildman–Crippen MR) is 143 cm³/mol. The maximum Gasteiger partial charge on any atom is 0.193 e. The summed E-state index contributed by atoms with van der Waals surface area (Å²) >= 11 is 8.45. The first-order chi connectivity index (χ1) is 12.1. The van der Waals surface area contributed by atoms with Crippen LogP contribution in [0.1, 0.15) is 41.5 Å². The van der Waals surface area contributed by atoms with Gasteiger partial charge < -0.3 is 8.85 Å². The number of halogens is 2. The van der Waals surface area contributed by atoms with E-state index in [-0.39, 0.29) is 22.3 Å². The molecule has 0 aromatic heterocycles. The SMILES string of the molecule is CC(C)(C)[Si](C)(C)O[C@H](C#C[Si](C)(C)C)[C@@H](/C=C(/Cl)I)O[Si](C)(C)C(C)(C)C. The fourth-order valence-corrected chi connectivity index (χ4v) is 5.25. The molecule has 164 valence electrons. The Morgan fingerprint density at radius 3 is 1.57 bits per heavy atom. The minimum Gasteiger partial charge on any atom is -0.407 e. The van der Waals surface area contributed by atoms with Gasteiger partial charge in [-0.2, -0.15) is 0 Å². The van der Waals surface area contributed by atoms with Gasteiger partial charge in [0.2, 0.25) is 0 Å². The fourth-order valence-electron chi connectivity index (χ4n) is 1.78. The van der Waals surface area contributed by atoms with E-state index in [0.717, 1.165) is 0 Å². The first-order valence-electron chi connectivity index (χ1n) is 10.0. The van der Waals surface area contributed by atoms with Crippen LogP contribution in [0.2, 0.25) is 55.9 Å². The highest BCUT2D eigenvalue weighted by Gasteiger charge is 2.44. The molecule has 0 bridgehead atoms. The highest BCUT2D eigenvalue weighted by Crippen LogP contribution is 2.41. The summed E-state index contributed by atoms with van der Waals surface area (Å²) in [7, 11) is -5.59. The van der Waals surface area contributed by atoms with Gasteiger partial charge in [0.15, 0.2) is 16.6 Å². The highest BCUT2D eigenvalue weighted by atomic mass is 127. The zero-order chi connectivity index (χ0) is 22.8. The molecule has 28 heavy (non-hydrogen) atoms. The van der Waals surface area contributed by atoms with E-state index in [2.05, 4.69) is 121 Å². The lowest BCUT2D eigenvalue weighted by Gasteiger charge is -2.43. The van der Waals surface area contributed by atoms with Crippen molar-refractivity contribution in [3.8, 4) is 11.5 Å². The van der Waals surface area contributed by atoms with E-state index in [1.54, 1.807) is 0 Å². The molecule has 7 heteroatoms. The summed E-state index contributed by atoms with van der Waals surface area (Å²) in [4.78, 5) is 0. The van der Waals surface area contributed by atoms with E-state index in [9.17, 15) is 0 Å². The molecule has 0 aromatic rings. The normalized spacial score (nSPS) is 17.0. The van der Waals surface area contributed by atoms with Gasteiger partial charge in [-0.25, -0.2) is 0 Å². The molecular weight excluding hydrogens is 531 g/mol. The predicted octanol–water partition coefficient (Wildman–Crippen LogP) is 8.16. The van der Waals surface area contributed by atoms with Crippen molar-refractivity contribution >= 4 is 58.9 Å². The Bertz CT molecular complexity index is 611. The molecule has 0 aromatic carbocycles. The van der Waals surface area contributed by atoms with Crippen LogP contribution in [0, 0.1) is 11.5 Å². The molecule has 0 amide bonds. The summed E-state index contributed by atoms with van der Waals surface area (Å²) in [6, 6.07) is 0. The third kappa shape index (κ3) is 9.80. The molecule has 0 spiro atoms. The van der Waals surface area contributed by atoms with Gasteiger partial charge in [-0.3, -0.25) is 0 Å². The van der Waals surface area contributed by atoms with Crippen molar-refractivity contribution in [1.29, 1.82) is 0 Å². The van der Waals surface area contributed by atoms with E-state index in [1.165, 1.54) is 0 Å². The molecule has 0 aliphatic heterocycles. The van der Waals surface area contributed by atoms with Crippen molar-refractivity contribution in [3.05, 3.63) is 9.12 Å². The van der Waals surface area contributed by atoms with Crippen LogP contribution in [0.4, 0.5) is 0 Å². The molecule has 0 fully saturated rings. The van der Waals surface area contributed by atoms with Crippen molar-refractivity contribution in [2.24, 2.45) is 0 Å².